The number of rotatable bonds is 7. The zero-order chi connectivity index (χ0) is 20.0. The van der Waals surface area contributed by atoms with Gasteiger partial charge in [0.2, 0.25) is 0 Å². The van der Waals surface area contributed by atoms with E-state index in [1.54, 1.807) is 13.2 Å². The van der Waals surface area contributed by atoms with Gasteiger partial charge in [-0.1, -0.05) is 52.8 Å². The van der Waals surface area contributed by atoms with Gasteiger partial charge in [0.05, 0.1) is 7.11 Å². The van der Waals surface area contributed by atoms with Crippen LogP contribution >= 0.6 is 0 Å². The van der Waals surface area contributed by atoms with Crippen LogP contribution in [0.1, 0.15) is 56.1 Å². The Morgan fingerprint density at radius 2 is 1.78 bits per heavy atom. The van der Waals surface area contributed by atoms with Gasteiger partial charge >= 0.3 is 0 Å². The summed E-state index contributed by atoms with van der Waals surface area (Å²) in [6.07, 6.45) is 0. The number of ether oxygens (including phenoxy) is 2. The van der Waals surface area contributed by atoms with Gasteiger partial charge in [0.1, 0.15) is 18.1 Å². The minimum absolute atomic E-state index is 0.0146. The highest BCUT2D eigenvalue weighted by Gasteiger charge is 2.19. The third-order valence-corrected chi connectivity index (χ3v) is 4.29. The molecule has 0 fully saturated rings. The lowest BCUT2D eigenvalue weighted by Gasteiger charge is -2.23. The third-order valence-electron chi connectivity index (χ3n) is 4.29. The Balaban J connectivity index is 2.21. The first kappa shape index (κ1) is 20.8. The van der Waals surface area contributed by atoms with E-state index in [-0.39, 0.29) is 11.3 Å². The number of carbonyl (C=O) groups excluding carboxylic acids is 1. The van der Waals surface area contributed by atoms with Crippen molar-refractivity contribution in [1.82, 2.24) is 5.32 Å². The molecule has 0 aliphatic heterocycles. The molecule has 4 nitrogen and oxygen atoms in total. The molecule has 146 valence electrons. The van der Waals surface area contributed by atoms with Crippen LogP contribution in [-0.2, 0) is 12.0 Å². The van der Waals surface area contributed by atoms with E-state index in [0.717, 1.165) is 16.9 Å². The quantitative estimate of drug-likeness (QED) is 0.750. The number of hydrogen-bond donors (Lipinski definition) is 1. The van der Waals surface area contributed by atoms with Crippen LogP contribution in [0.4, 0.5) is 0 Å². The first-order valence-electron chi connectivity index (χ1n) is 9.39. The summed E-state index contributed by atoms with van der Waals surface area (Å²) < 4.78 is 11.6. The Hall–Kier alpha value is -2.49. The number of amides is 1. The highest BCUT2D eigenvalue weighted by molar-refractivity contribution is 5.94. The highest BCUT2D eigenvalue weighted by Crippen LogP contribution is 2.32. The van der Waals surface area contributed by atoms with Crippen LogP contribution in [-0.4, -0.2) is 19.6 Å². The fraction of sp³-hybridized carbons (Fsp3) is 0.435. The standard InChI is InChI=1S/C23H31NO3/c1-16(2)14-24-22(25)17-11-12-20(26-6)18(13-17)15-27-21-10-8-7-9-19(21)23(3,4)5/h7-13,16H,14-15H2,1-6H3,(H,24,25). The molecule has 2 rings (SSSR count). The smallest absolute Gasteiger partial charge is 0.251 e. The van der Waals surface area contributed by atoms with Crippen molar-refractivity contribution in [1.29, 1.82) is 0 Å². The van der Waals surface area contributed by atoms with Gasteiger partial charge in [0.25, 0.3) is 5.91 Å². The van der Waals surface area contributed by atoms with Gasteiger partial charge in [-0.2, -0.15) is 0 Å². The lowest BCUT2D eigenvalue weighted by Crippen LogP contribution is -2.27. The molecule has 0 unspecified atom stereocenters. The molecule has 0 heterocycles. The van der Waals surface area contributed by atoms with Crippen molar-refractivity contribution in [3.05, 3.63) is 59.2 Å². The van der Waals surface area contributed by atoms with Gasteiger partial charge in [-0.25, -0.2) is 0 Å². The van der Waals surface area contributed by atoms with Gasteiger partial charge < -0.3 is 14.8 Å². The lowest BCUT2D eigenvalue weighted by molar-refractivity contribution is 0.0949. The van der Waals surface area contributed by atoms with E-state index in [9.17, 15) is 4.79 Å². The van der Waals surface area contributed by atoms with Gasteiger partial charge in [0, 0.05) is 17.7 Å². The summed E-state index contributed by atoms with van der Waals surface area (Å²) in [4.78, 5) is 12.4. The molecular formula is C23H31NO3. The molecule has 0 saturated heterocycles. The maximum absolute atomic E-state index is 12.4. The van der Waals surface area contributed by atoms with E-state index in [2.05, 4.69) is 46.0 Å². The summed E-state index contributed by atoms with van der Waals surface area (Å²) in [5.74, 6) is 1.89. The van der Waals surface area contributed by atoms with Crippen LogP contribution in [0.3, 0.4) is 0 Å². The predicted molar refractivity (Wildman–Crippen MR) is 110 cm³/mol. The SMILES string of the molecule is COc1ccc(C(=O)NCC(C)C)cc1COc1ccccc1C(C)(C)C. The van der Waals surface area contributed by atoms with Crippen LogP contribution in [0.15, 0.2) is 42.5 Å². The fourth-order valence-corrected chi connectivity index (χ4v) is 2.80. The lowest BCUT2D eigenvalue weighted by atomic mass is 9.86. The zero-order valence-electron chi connectivity index (χ0n) is 17.3. The van der Waals surface area contributed by atoms with Crippen molar-refractivity contribution in [3.63, 3.8) is 0 Å². The van der Waals surface area contributed by atoms with E-state index in [1.807, 2.05) is 30.3 Å². The van der Waals surface area contributed by atoms with Crippen molar-refractivity contribution in [2.24, 2.45) is 5.92 Å². The van der Waals surface area contributed by atoms with Crippen molar-refractivity contribution < 1.29 is 14.3 Å². The Labute approximate surface area is 162 Å². The molecule has 0 spiro atoms. The molecular weight excluding hydrogens is 338 g/mol. The molecule has 27 heavy (non-hydrogen) atoms. The average molecular weight is 370 g/mol. The summed E-state index contributed by atoms with van der Waals surface area (Å²) >= 11 is 0. The van der Waals surface area contributed by atoms with Crippen LogP contribution in [0.25, 0.3) is 0 Å². The van der Waals surface area contributed by atoms with Crippen molar-refractivity contribution in [2.75, 3.05) is 13.7 Å². The maximum Gasteiger partial charge on any atom is 0.251 e. The van der Waals surface area contributed by atoms with Gasteiger partial charge in [-0.05, 0) is 41.2 Å². The minimum atomic E-state index is -0.0808. The van der Waals surface area contributed by atoms with Gasteiger partial charge in [0.15, 0.2) is 0 Å². The molecule has 0 saturated carbocycles. The van der Waals surface area contributed by atoms with Crippen molar-refractivity contribution in [3.8, 4) is 11.5 Å². The number of para-hydroxylation sites is 1. The molecule has 0 radical (unpaired) electrons. The maximum atomic E-state index is 12.4. The van der Waals surface area contributed by atoms with Crippen LogP contribution in [0.5, 0.6) is 11.5 Å². The molecule has 4 heteroatoms. The summed E-state index contributed by atoms with van der Waals surface area (Å²) in [5.41, 5.74) is 2.59. The number of carbonyl (C=O) groups is 1. The fourth-order valence-electron chi connectivity index (χ4n) is 2.80. The topological polar surface area (TPSA) is 47.6 Å². The Morgan fingerprint density at radius 3 is 2.41 bits per heavy atom. The first-order chi connectivity index (χ1) is 12.7. The van der Waals surface area contributed by atoms with E-state index >= 15 is 0 Å². The zero-order valence-corrected chi connectivity index (χ0v) is 17.3. The van der Waals surface area contributed by atoms with E-state index in [4.69, 9.17) is 9.47 Å². The molecule has 0 aliphatic carbocycles. The van der Waals surface area contributed by atoms with Gasteiger partial charge in [-0.3, -0.25) is 4.79 Å². The summed E-state index contributed by atoms with van der Waals surface area (Å²) in [6.45, 7) is 11.6. The average Bonchev–Trinajstić information content (AvgIpc) is 2.63. The third kappa shape index (κ3) is 5.75. The molecule has 2 aromatic carbocycles. The molecule has 2 aromatic rings. The monoisotopic (exact) mass is 369 g/mol. The molecule has 1 amide bonds. The van der Waals surface area contributed by atoms with Crippen molar-refractivity contribution in [2.45, 2.75) is 46.6 Å². The molecule has 0 aliphatic rings. The first-order valence-corrected chi connectivity index (χ1v) is 9.39. The summed E-state index contributed by atoms with van der Waals surface area (Å²) in [7, 11) is 1.63. The second kappa shape index (κ2) is 8.94. The molecule has 0 bridgehead atoms. The predicted octanol–water partition coefficient (Wildman–Crippen LogP) is 4.96. The Bertz CT molecular complexity index is 775. The number of hydrogen-bond acceptors (Lipinski definition) is 3. The molecule has 0 aromatic heterocycles. The van der Waals surface area contributed by atoms with Crippen LogP contribution in [0.2, 0.25) is 0 Å². The molecule has 0 atom stereocenters. The van der Waals surface area contributed by atoms with E-state index in [1.165, 1.54) is 0 Å². The largest absolute Gasteiger partial charge is 0.496 e. The van der Waals surface area contributed by atoms with Crippen molar-refractivity contribution >= 4 is 5.91 Å². The highest BCUT2D eigenvalue weighted by atomic mass is 16.5. The number of methoxy groups -OCH3 is 1. The summed E-state index contributed by atoms with van der Waals surface area (Å²) in [6, 6.07) is 13.5. The second-order valence-electron chi connectivity index (χ2n) is 8.17. The second-order valence-corrected chi connectivity index (χ2v) is 8.17. The van der Waals surface area contributed by atoms with E-state index in [0.29, 0.717) is 30.4 Å². The number of nitrogens with one attached hydrogen (secondary N) is 1. The summed E-state index contributed by atoms with van der Waals surface area (Å²) in [5, 5.41) is 2.95. The number of benzene rings is 2. The minimum Gasteiger partial charge on any atom is -0.496 e. The van der Waals surface area contributed by atoms with Crippen LogP contribution in [0, 0.1) is 5.92 Å². The Kier molecular flexibility index (Phi) is 6.89. The van der Waals surface area contributed by atoms with Gasteiger partial charge in [-0.15, -0.1) is 0 Å². The van der Waals surface area contributed by atoms with E-state index < -0.39 is 0 Å². The van der Waals surface area contributed by atoms with Crippen LogP contribution < -0.4 is 14.8 Å². The normalized spacial score (nSPS) is 11.4. The molecule has 1 N–H and O–H groups in total. The Morgan fingerprint density at radius 1 is 1.07 bits per heavy atom.